The van der Waals surface area contributed by atoms with Gasteiger partial charge in [0.15, 0.2) is 0 Å². The maximum atomic E-state index is 9.00. The van der Waals surface area contributed by atoms with Crippen LogP contribution in [0, 0.1) is 11.3 Å². The van der Waals surface area contributed by atoms with Gasteiger partial charge in [0.05, 0.1) is 18.7 Å². The number of benzene rings is 1. The van der Waals surface area contributed by atoms with Gasteiger partial charge in [-0.25, -0.2) is 0 Å². The molecular formula is C16H24N2O. The molecule has 1 aromatic rings. The van der Waals surface area contributed by atoms with Gasteiger partial charge in [-0.1, -0.05) is 25.5 Å². The van der Waals surface area contributed by atoms with Gasteiger partial charge < -0.3 is 4.74 Å². The van der Waals surface area contributed by atoms with Crippen LogP contribution in [0.5, 0.6) is 5.75 Å². The van der Waals surface area contributed by atoms with Crippen molar-refractivity contribution >= 4 is 0 Å². The van der Waals surface area contributed by atoms with Crippen molar-refractivity contribution in [3.63, 3.8) is 0 Å². The molecule has 104 valence electrons. The Bertz CT molecular complexity index is 392. The fraction of sp³-hybridized carbons (Fsp3) is 0.562. The van der Waals surface area contributed by atoms with Crippen molar-refractivity contribution in [2.75, 3.05) is 6.61 Å². The van der Waals surface area contributed by atoms with Crippen LogP contribution in [0.4, 0.5) is 0 Å². The molecule has 3 nitrogen and oxygen atoms in total. The molecule has 0 aliphatic carbocycles. The average Bonchev–Trinajstić information content (AvgIpc) is 2.39. The highest BCUT2D eigenvalue weighted by atomic mass is 16.5. The molecule has 0 saturated heterocycles. The van der Waals surface area contributed by atoms with Gasteiger partial charge in [0.2, 0.25) is 0 Å². The molecule has 0 saturated carbocycles. The van der Waals surface area contributed by atoms with Crippen LogP contribution in [0.15, 0.2) is 24.3 Å². The summed E-state index contributed by atoms with van der Waals surface area (Å²) in [4.78, 5) is 0. The van der Waals surface area contributed by atoms with Crippen LogP contribution in [-0.2, 0) is 6.42 Å². The van der Waals surface area contributed by atoms with Crippen molar-refractivity contribution in [2.24, 2.45) is 0 Å². The van der Waals surface area contributed by atoms with Gasteiger partial charge in [-0.15, -0.1) is 0 Å². The number of aryl methyl sites for hydroxylation is 1. The maximum Gasteiger partial charge on any atom is 0.119 e. The zero-order chi connectivity index (χ0) is 14.1. The number of rotatable bonds is 8. The first-order valence-corrected chi connectivity index (χ1v) is 7.03. The summed E-state index contributed by atoms with van der Waals surface area (Å²) in [5.41, 5.74) is 1.34. The van der Waals surface area contributed by atoms with Crippen LogP contribution in [-0.4, -0.2) is 18.7 Å². The standard InChI is InChI=1S/C16H24N2O/c1-4-5-14-6-8-16(9-7-14)19-11-10-15(12-17)18-13(2)3/h6-9,13,15,18H,4-5,10-11H2,1-3H3. The van der Waals surface area contributed by atoms with Crippen molar-refractivity contribution in [3.8, 4) is 11.8 Å². The molecule has 0 aliphatic rings. The van der Waals surface area contributed by atoms with E-state index < -0.39 is 0 Å². The molecule has 1 aromatic carbocycles. The predicted octanol–water partition coefficient (Wildman–Crippen LogP) is 3.30. The first kappa shape index (κ1) is 15.5. The molecule has 0 spiro atoms. The lowest BCUT2D eigenvalue weighted by Crippen LogP contribution is -2.34. The van der Waals surface area contributed by atoms with Gasteiger partial charge in [0, 0.05) is 12.5 Å². The third kappa shape index (κ3) is 6.26. The van der Waals surface area contributed by atoms with Crippen LogP contribution in [0.3, 0.4) is 0 Å². The molecule has 0 heterocycles. The highest BCUT2D eigenvalue weighted by molar-refractivity contribution is 5.27. The summed E-state index contributed by atoms with van der Waals surface area (Å²) < 4.78 is 5.66. The fourth-order valence-corrected chi connectivity index (χ4v) is 1.92. The van der Waals surface area contributed by atoms with E-state index in [1.54, 1.807) is 0 Å². The van der Waals surface area contributed by atoms with E-state index >= 15 is 0 Å². The first-order valence-electron chi connectivity index (χ1n) is 7.03. The van der Waals surface area contributed by atoms with E-state index in [1.807, 2.05) is 26.0 Å². The third-order valence-corrected chi connectivity index (χ3v) is 2.83. The summed E-state index contributed by atoms with van der Waals surface area (Å²) in [5, 5.41) is 12.2. The van der Waals surface area contributed by atoms with Gasteiger partial charge in [0.1, 0.15) is 5.75 Å². The minimum absolute atomic E-state index is 0.139. The van der Waals surface area contributed by atoms with E-state index in [0.717, 1.165) is 18.6 Å². The number of hydrogen-bond donors (Lipinski definition) is 1. The summed E-state index contributed by atoms with van der Waals surface area (Å²) in [6.45, 7) is 6.81. The second-order valence-corrected chi connectivity index (χ2v) is 5.03. The molecule has 1 N–H and O–H groups in total. The third-order valence-electron chi connectivity index (χ3n) is 2.83. The van der Waals surface area contributed by atoms with Crippen molar-refractivity contribution in [3.05, 3.63) is 29.8 Å². The number of nitrogens with one attached hydrogen (secondary N) is 1. The summed E-state index contributed by atoms with van der Waals surface area (Å²) in [7, 11) is 0. The molecule has 0 fully saturated rings. The minimum atomic E-state index is -0.139. The average molecular weight is 260 g/mol. The molecule has 1 rings (SSSR count). The lowest BCUT2D eigenvalue weighted by molar-refractivity contribution is 0.294. The Balaban J connectivity index is 2.34. The predicted molar refractivity (Wildman–Crippen MR) is 78.2 cm³/mol. The largest absolute Gasteiger partial charge is 0.493 e. The van der Waals surface area contributed by atoms with E-state index in [0.29, 0.717) is 19.1 Å². The van der Waals surface area contributed by atoms with Crippen molar-refractivity contribution < 1.29 is 4.74 Å². The molecule has 1 unspecified atom stereocenters. The SMILES string of the molecule is CCCc1ccc(OCCC(C#N)NC(C)C)cc1. The van der Waals surface area contributed by atoms with Crippen LogP contribution in [0.25, 0.3) is 0 Å². The molecular weight excluding hydrogens is 236 g/mol. The van der Waals surface area contributed by atoms with Crippen LogP contribution >= 0.6 is 0 Å². The molecule has 0 bridgehead atoms. The van der Waals surface area contributed by atoms with Crippen LogP contribution in [0.1, 0.15) is 39.2 Å². The van der Waals surface area contributed by atoms with Gasteiger partial charge in [-0.2, -0.15) is 5.26 Å². The molecule has 0 aliphatic heterocycles. The van der Waals surface area contributed by atoms with Crippen LogP contribution in [0.2, 0.25) is 0 Å². The first-order chi connectivity index (χ1) is 9.15. The molecule has 3 heteroatoms. The smallest absolute Gasteiger partial charge is 0.119 e. The minimum Gasteiger partial charge on any atom is -0.493 e. The van der Waals surface area contributed by atoms with Crippen molar-refractivity contribution in [1.82, 2.24) is 5.32 Å². The number of hydrogen-bond acceptors (Lipinski definition) is 3. The van der Waals surface area contributed by atoms with E-state index in [2.05, 4.69) is 30.4 Å². The van der Waals surface area contributed by atoms with E-state index in [9.17, 15) is 0 Å². The zero-order valence-corrected chi connectivity index (χ0v) is 12.1. The summed E-state index contributed by atoms with van der Waals surface area (Å²) in [5.74, 6) is 0.876. The lowest BCUT2D eigenvalue weighted by Gasteiger charge is -2.14. The van der Waals surface area contributed by atoms with Gasteiger partial charge in [-0.3, -0.25) is 5.32 Å². The normalized spacial score (nSPS) is 12.2. The number of nitrogens with zero attached hydrogens (tertiary/aromatic N) is 1. The second kappa shape index (κ2) is 8.55. The quantitative estimate of drug-likeness (QED) is 0.780. The van der Waals surface area contributed by atoms with Crippen molar-refractivity contribution in [2.45, 2.75) is 52.1 Å². The van der Waals surface area contributed by atoms with E-state index in [1.165, 1.54) is 5.56 Å². The monoisotopic (exact) mass is 260 g/mol. The Hall–Kier alpha value is -1.53. The van der Waals surface area contributed by atoms with Gasteiger partial charge in [-0.05, 0) is 38.0 Å². The summed E-state index contributed by atoms with van der Waals surface area (Å²) in [6.07, 6.45) is 2.96. The Kier molecular flexibility index (Phi) is 6.99. The van der Waals surface area contributed by atoms with Crippen LogP contribution < -0.4 is 10.1 Å². The molecule has 0 radical (unpaired) electrons. The Morgan fingerprint density at radius 3 is 2.47 bits per heavy atom. The Morgan fingerprint density at radius 1 is 1.26 bits per heavy atom. The molecule has 0 amide bonds. The van der Waals surface area contributed by atoms with E-state index in [4.69, 9.17) is 10.00 Å². The maximum absolute atomic E-state index is 9.00. The van der Waals surface area contributed by atoms with Gasteiger partial charge >= 0.3 is 0 Å². The van der Waals surface area contributed by atoms with Crippen molar-refractivity contribution in [1.29, 1.82) is 5.26 Å². The summed E-state index contributed by atoms with van der Waals surface area (Å²) in [6, 6.07) is 10.6. The number of nitriles is 1. The summed E-state index contributed by atoms with van der Waals surface area (Å²) >= 11 is 0. The Labute approximate surface area is 116 Å². The number of ether oxygens (including phenoxy) is 1. The molecule has 0 aromatic heterocycles. The van der Waals surface area contributed by atoms with E-state index in [-0.39, 0.29) is 6.04 Å². The topological polar surface area (TPSA) is 45.0 Å². The Morgan fingerprint density at radius 2 is 1.95 bits per heavy atom. The zero-order valence-electron chi connectivity index (χ0n) is 12.1. The second-order valence-electron chi connectivity index (χ2n) is 5.03. The fourth-order valence-electron chi connectivity index (χ4n) is 1.92. The molecule has 19 heavy (non-hydrogen) atoms. The molecule has 1 atom stereocenters. The van der Waals surface area contributed by atoms with Gasteiger partial charge in [0.25, 0.3) is 0 Å². The highest BCUT2D eigenvalue weighted by Gasteiger charge is 2.08. The lowest BCUT2D eigenvalue weighted by atomic mass is 10.1. The highest BCUT2D eigenvalue weighted by Crippen LogP contribution is 2.13.